The summed E-state index contributed by atoms with van der Waals surface area (Å²) in [6.45, 7) is 4.58. The molecule has 0 saturated heterocycles. The molecule has 0 fully saturated rings. The van der Waals surface area contributed by atoms with Crippen molar-refractivity contribution in [3.63, 3.8) is 0 Å². The highest BCUT2D eigenvalue weighted by Gasteiger charge is 2.07. The van der Waals surface area contributed by atoms with Crippen molar-refractivity contribution in [2.24, 2.45) is 5.73 Å². The highest BCUT2D eigenvalue weighted by molar-refractivity contribution is 6.31. The van der Waals surface area contributed by atoms with E-state index in [9.17, 15) is 0 Å². The largest absolute Gasteiger partial charge is 0.494 e. The molecule has 19 heavy (non-hydrogen) atoms. The summed E-state index contributed by atoms with van der Waals surface area (Å²) in [5.41, 5.74) is 9.02. The highest BCUT2D eigenvalue weighted by Crippen LogP contribution is 2.29. The van der Waals surface area contributed by atoms with Gasteiger partial charge in [0.15, 0.2) is 0 Å². The monoisotopic (exact) mass is 275 g/mol. The maximum Gasteiger partial charge on any atom is 0.119 e. The van der Waals surface area contributed by atoms with Gasteiger partial charge in [-0.05, 0) is 48.7 Å². The van der Waals surface area contributed by atoms with Crippen LogP contribution in [0.15, 0.2) is 42.5 Å². The molecule has 0 aromatic heterocycles. The van der Waals surface area contributed by atoms with E-state index < -0.39 is 0 Å². The molecule has 1 atom stereocenters. The summed E-state index contributed by atoms with van der Waals surface area (Å²) in [5, 5.41) is 0.710. The van der Waals surface area contributed by atoms with E-state index in [0.29, 0.717) is 11.6 Å². The van der Waals surface area contributed by atoms with E-state index in [2.05, 4.69) is 0 Å². The van der Waals surface area contributed by atoms with Gasteiger partial charge in [-0.15, -0.1) is 0 Å². The van der Waals surface area contributed by atoms with Gasteiger partial charge < -0.3 is 10.5 Å². The predicted molar refractivity (Wildman–Crippen MR) is 80.7 cm³/mol. The second kappa shape index (κ2) is 6.09. The molecule has 0 aliphatic carbocycles. The highest BCUT2D eigenvalue weighted by atomic mass is 35.5. The first kappa shape index (κ1) is 13.9. The number of halogens is 1. The Morgan fingerprint density at radius 3 is 2.26 bits per heavy atom. The van der Waals surface area contributed by atoms with Crippen molar-refractivity contribution >= 4 is 11.6 Å². The first-order chi connectivity index (χ1) is 9.11. The van der Waals surface area contributed by atoms with Gasteiger partial charge in [0.25, 0.3) is 0 Å². The van der Waals surface area contributed by atoms with Gasteiger partial charge in [0, 0.05) is 11.1 Å². The van der Waals surface area contributed by atoms with Gasteiger partial charge in [0.1, 0.15) is 5.75 Å². The average Bonchev–Trinajstić information content (AvgIpc) is 2.39. The summed E-state index contributed by atoms with van der Waals surface area (Å²) in [4.78, 5) is 0. The second-order valence-electron chi connectivity index (χ2n) is 4.48. The second-order valence-corrected chi connectivity index (χ2v) is 4.89. The Morgan fingerprint density at radius 1 is 1.11 bits per heavy atom. The van der Waals surface area contributed by atoms with Crippen molar-refractivity contribution in [2.75, 3.05) is 6.61 Å². The number of nitrogens with two attached hydrogens (primary N) is 1. The van der Waals surface area contributed by atoms with Crippen LogP contribution in [-0.2, 0) is 0 Å². The summed E-state index contributed by atoms with van der Waals surface area (Å²) >= 11 is 6.25. The third kappa shape index (κ3) is 3.28. The first-order valence-corrected chi connectivity index (χ1v) is 6.78. The minimum atomic E-state index is -0.0538. The molecule has 3 heteroatoms. The summed E-state index contributed by atoms with van der Waals surface area (Å²) in [7, 11) is 0. The zero-order valence-electron chi connectivity index (χ0n) is 11.2. The molecular weight excluding hydrogens is 258 g/mol. The molecule has 2 N–H and O–H groups in total. The molecule has 0 heterocycles. The van der Waals surface area contributed by atoms with Crippen molar-refractivity contribution in [1.82, 2.24) is 0 Å². The lowest BCUT2D eigenvalue weighted by molar-refractivity contribution is 0.340. The Labute approximate surface area is 119 Å². The van der Waals surface area contributed by atoms with Gasteiger partial charge in [-0.3, -0.25) is 0 Å². The van der Waals surface area contributed by atoms with Crippen molar-refractivity contribution < 1.29 is 4.74 Å². The molecule has 0 radical (unpaired) electrons. The SMILES string of the molecule is CCOc1ccc(-c2ccc(C(C)N)c(Cl)c2)cc1. The molecule has 2 aromatic rings. The van der Waals surface area contributed by atoms with Crippen LogP contribution in [0.4, 0.5) is 0 Å². The fourth-order valence-electron chi connectivity index (χ4n) is 1.99. The van der Waals surface area contributed by atoms with Gasteiger partial charge >= 0.3 is 0 Å². The molecule has 0 aliphatic heterocycles. The van der Waals surface area contributed by atoms with Crippen LogP contribution in [0.5, 0.6) is 5.75 Å². The summed E-state index contributed by atoms with van der Waals surface area (Å²) in [6.07, 6.45) is 0. The third-order valence-electron chi connectivity index (χ3n) is 2.99. The molecular formula is C16H18ClNO. The summed E-state index contributed by atoms with van der Waals surface area (Å²) in [6, 6.07) is 13.9. The topological polar surface area (TPSA) is 35.2 Å². The van der Waals surface area contributed by atoms with Gasteiger partial charge in [-0.2, -0.15) is 0 Å². The van der Waals surface area contributed by atoms with Crippen molar-refractivity contribution in [3.8, 4) is 16.9 Å². The van der Waals surface area contributed by atoms with Crippen LogP contribution in [0, 0.1) is 0 Å². The number of benzene rings is 2. The number of hydrogen-bond donors (Lipinski definition) is 1. The van der Waals surface area contributed by atoms with Crippen LogP contribution in [0.3, 0.4) is 0 Å². The lowest BCUT2D eigenvalue weighted by Crippen LogP contribution is -2.05. The molecule has 2 aromatic carbocycles. The first-order valence-electron chi connectivity index (χ1n) is 6.40. The maximum absolute atomic E-state index is 6.25. The average molecular weight is 276 g/mol. The van der Waals surface area contributed by atoms with E-state index in [-0.39, 0.29) is 6.04 Å². The van der Waals surface area contributed by atoms with Crippen LogP contribution in [0.1, 0.15) is 25.5 Å². The Morgan fingerprint density at radius 2 is 1.74 bits per heavy atom. The summed E-state index contributed by atoms with van der Waals surface area (Å²) in [5.74, 6) is 0.879. The minimum absolute atomic E-state index is 0.0538. The van der Waals surface area contributed by atoms with E-state index in [1.54, 1.807) is 0 Å². The van der Waals surface area contributed by atoms with E-state index in [4.69, 9.17) is 22.1 Å². The molecule has 0 saturated carbocycles. The maximum atomic E-state index is 6.25. The fourth-order valence-corrected chi connectivity index (χ4v) is 2.34. The smallest absolute Gasteiger partial charge is 0.119 e. The lowest BCUT2D eigenvalue weighted by atomic mass is 10.0. The quantitative estimate of drug-likeness (QED) is 0.896. The van der Waals surface area contributed by atoms with Crippen molar-refractivity contribution in [1.29, 1.82) is 0 Å². The van der Waals surface area contributed by atoms with Crippen molar-refractivity contribution in [2.45, 2.75) is 19.9 Å². The molecule has 0 bridgehead atoms. The molecule has 0 spiro atoms. The molecule has 1 unspecified atom stereocenters. The van der Waals surface area contributed by atoms with E-state index in [1.165, 1.54) is 0 Å². The Balaban J connectivity index is 2.29. The zero-order valence-corrected chi connectivity index (χ0v) is 11.9. The van der Waals surface area contributed by atoms with Crippen LogP contribution < -0.4 is 10.5 Å². The molecule has 2 rings (SSSR count). The Bertz CT molecular complexity index is 549. The van der Waals surface area contributed by atoms with Gasteiger partial charge in [-0.25, -0.2) is 0 Å². The van der Waals surface area contributed by atoms with Gasteiger partial charge in [-0.1, -0.05) is 35.9 Å². The Kier molecular flexibility index (Phi) is 4.46. The number of ether oxygens (including phenoxy) is 1. The molecule has 100 valence electrons. The van der Waals surface area contributed by atoms with Crippen LogP contribution in [-0.4, -0.2) is 6.61 Å². The predicted octanol–water partition coefficient (Wildman–Crippen LogP) is 4.43. The van der Waals surface area contributed by atoms with E-state index in [0.717, 1.165) is 22.4 Å². The van der Waals surface area contributed by atoms with Crippen LogP contribution in [0.25, 0.3) is 11.1 Å². The molecule has 2 nitrogen and oxygen atoms in total. The molecule has 0 amide bonds. The third-order valence-corrected chi connectivity index (χ3v) is 3.32. The van der Waals surface area contributed by atoms with Crippen molar-refractivity contribution in [3.05, 3.63) is 53.1 Å². The van der Waals surface area contributed by atoms with Gasteiger partial charge in [0.05, 0.1) is 6.61 Å². The standard InChI is InChI=1S/C16H18ClNO/c1-3-19-14-7-4-12(5-8-14)13-6-9-15(11(2)18)16(17)10-13/h4-11H,3,18H2,1-2H3. The minimum Gasteiger partial charge on any atom is -0.494 e. The van der Waals surface area contributed by atoms with Gasteiger partial charge in [0.2, 0.25) is 0 Å². The van der Waals surface area contributed by atoms with E-state index >= 15 is 0 Å². The lowest BCUT2D eigenvalue weighted by Gasteiger charge is -2.10. The van der Waals surface area contributed by atoms with Crippen LogP contribution >= 0.6 is 11.6 Å². The normalized spacial score (nSPS) is 12.2. The number of hydrogen-bond acceptors (Lipinski definition) is 2. The van der Waals surface area contributed by atoms with Crippen LogP contribution in [0.2, 0.25) is 5.02 Å². The molecule has 0 aliphatic rings. The fraction of sp³-hybridized carbons (Fsp3) is 0.250. The summed E-state index contributed by atoms with van der Waals surface area (Å²) < 4.78 is 5.43. The number of rotatable bonds is 4. The Hall–Kier alpha value is -1.51. The van der Waals surface area contributed by atoms with E-state index in [1.807, 2.05) is 56.3 Å². The zero-order chi connectivity index (χ0) is 13.8.